The Morgan fingerprint density at radius 3 is 1.58 bits per heavy atom. The van der Waals surface area contributed by atoms with Crippen molar-refractivity contribution < 1.29 is 32.9 Å². The van der Waals surface area contributed by atoms with Gasteiger partial charge in [0.05, 0.1) is 33.5 Å². The van der Waals surface area contributed by atoms with Gasteiger partial charge in [-0.3, -0.25) is 4.57 Å². The highest BCUT2D eigenvalue weighted by molar-refractivity contribution is 7.54. The molecule has 1 aromatic carbocycles. The Morgan fingerprint density at radius 1 is 0.875 bits per heavy atom. The van der Waals surface area contributed by atoms with E-state index in [1.54, 1.807) is 27.7 Å². The van der Waals surface area contributed by atoms with Crippen molar-refractivity contribution in [2.24, 2.45) is 0 Å². The molecule has 7 nitrogen and oxygen atoms in total. The molecule has 0 heterocycles. The third kappa shape index (κ3) is 4.86. The third-order valence-corrected chi connectivity index (χ3v) is 5.33. The Hall–Kier alpha value is -1.27. The van der Waals surface area contributed by atoms with E-state index in [-0.39, 0.29) is 17.8 Å². The molecule has 0 spiro atoms. The molecule has 138 valence electrons. The monoisotopic (exact) mass is 362 g/mol. The zero-order valence-electron chi connectivity index (χ0n) is 15.2. The van der Waals surface area contributed by atoms with E-state index in [0.29, 0.717) is 17.2 Å². The van der Waals surface area contributed by atoms with Crippen LogP contribution in [0.4, 0.5) is 0 Å². The van der Waals surface area contributed by atoms with Gasteiger partial charge in [0.25, 0.3) is 0 Å². The summed E-state index contributed by atoms with van der Waals surface area (Å²) in [5, 5.41) is 10.7. The summed E-state index contributed by atoms with van der Waals surface area (Å²) in [7, 11) is 0.573. The molecule has 0 saturated heterocycles. The van der Waals surface area contributed by atoms with Gasteiger partial charge in [-0.25, -0.2) is 0 Å². The zero-order valence-corrected chi connectivity index (χ0v) is 16.1. The van der Waals surface area contributed by atoms with Crippen molar-refractivity contribution >= 4 is 7.60 Å². The Balaban J connectivity index is 3.37. The van der Waals surface area contributed by atoms with Crippen LogP contribution >= 0.6 is 7.60 Å². The number of methoxy groups -OCH3 is 3. The molecule has 0 amide bonds. The molecule has 0 aromatic heterocycles. The first kappa shape index (κ1) is 20.8. The van der Waals surface area contributed by atoms with Crippen LogP contribution in [0.25, 0.3) is 0 Å². The lowest BCUT2D eigenvalue weighted by molar-refractivity contribution is 0.101. The third-order valence-electron chi connectivity index (χ3n) is 3.00. The largest absolute Gasteiger partial charge is 0.493 e. The SMILES string of the molecule is COc1cc([C@@H](O)P(=O)(OC(C)C)OC(C)C)cc(OC)c1OC. The number of aliphatic hydroxyl groups excluding tert-OH is 1. The van der Waals surface area contributed by atoms with Gasteiger partial charge in [-0.2, -0.15) is 0 Å². The normalized spacial score (nSPS) is 13.2. The van der Waals surface area contributed by atoms with E-state index in [4.69, 9.17) is 23.3 Å². The van der Waals surface area contributed by atoms with Crippen molar-refractivity contribution in [1.82, 2.24) is 0 Å². The summed E-state index contributed by atoms with van der Waals surface area (Å²) < 4.78 is 39.7. The highest BCUT2D eigenvalue weighted by atomic mass is 31.2. The minimum atomic E-state index is -3.83. The molecular weight excluding hydrogens is 335 g/mol. The van der Waals surface area contributed by atoms with Crippen LogP contribution in [-0.4, -0.2) is 38.6 Å². The second kappa shape index (κ2) is 8.72. The zero-order chi connectivity index (χ0) is 18.5. The summed E-state index contributed by atoms with van der Waals surface area (Å²) in [6, 6.07) is 3.04. The van der Waals surface area contributed by atoms with Gasteiger partial charge in [-0.15, -0.1) is 0 Å². The Bertz CT molecular complexity index is 547. The van der Waals surface area contributed by atoms with Crippen LogP contribution in [0.2, 0.25) is 0 Å². The van der Waals surface area contributed by atoms with E-state index in [9.17, 15) is 9.67 Å². The molecule has 1 rings (SSSR count). The molecule has 1 aromatic rings. The number of hydrogen-bond donors (Lipinski definition) is 1. The number of rotatable bonds is 9. The lowest BCUT2D eigenvalue weighted by Gasteiger charge is -2.27. The van der Waals surface area contributed by atoms with Gasteiger partial charge in [0.1, 0.15) is 0 Å². The van der Waals surface area contributed by atoms with Crippen LogP contribution in [0.3, 0.4) is 0 Å². The van der Waals surface area contributed by atoms with E-state index >= 15 is 0 Å². The van der Waals surface area contributed by atoms with Gasteiger partial charge < -0.3 is 28.4 Å². The van der Waals surface area contributed by atoms with Crippen molar-refractivity contribution in [3.63, 3.8) is 0 Å². The van der Waals surface area contributed by atoms with E-state index in [0.717, 1.165) is 0 Å². The van der Waals surface area contributed by atoms with E-state index in [1.165, 1.54) is 33.5 Å². The van der Waals surface area contributed by atoms with Gasteiger partial charge in [0.15, 0.2) is 17.3 Å². The molecule has 0 aliphatic rings. The molecule has 8 heteroatoms. The van der Waals surface area contributed by atoms with Crippen LogP contribution in [-0.2, 0) is 13.6 Å². The van der Waals surface area contributed by atoms with Crippen LogP contribution in [0.5, 0.6) is 17.2 Å². The highest BCUT2D eigenvalue weighted by Crippen LogP contribution is 2.62. The molecule has 0 bridgehead atoms. The topological polar surface area (TPSA) is 83.5 Å². The average Bonchev–Trinajstić information content (AvgIpc) is 2.50. The summed E-state index contributed by atoms with van der Waals surface area (Å²) in [6.45, 7) is 6.88. The van der Waals surface area contributed by atoms with Gasteiger partial charge in [-0.05, 0) is 39.8 Å². The fraction of sp³-hybridized carbons (Fsp3) is 0.625. The first-order chi connectivity index (χ1) is 11.2. The van der Waals surface area contributed by atoms with Crippen LogP contribution in [0.1, 0.15) is 39.1 Å². The molecule has 0 saturated carbocycles. The first-order valence-corrected chi connectivity index (χ1v) is 9.24. The number of aliphatic hydroxyl groups is 1. The molecule has 0 fully saturated rings. The molecular formula is C16H27O7P. The first-order valence-electron chi connectivity index (χ1n) is 7.63. The fourth-order valence-corrected chi connectivity index (χ4v) is 4.13. The average molecular weight is 362 g/mol. The number of ether oxygens (including phenoxy) is 3. The summed E-state index contributed by atoms with van der Waals surface area (Å²) >= 11 is 0. The quantitative estimate of drug-likeness (QED) is 0.670. The standard InChI is InChI=1S/C16H27O7P/c1-10(2)22-24(18,23-11(3)4)16(17)12-8-13(19-5)15(21-7)14(9-12)20-6/h8-11,16-17H,1-7H3/t16-/m0/s1. The smallest absolute Gasteiger partial charge is 0.363 e. The molecule has 1 N–H and O–H groups in total. The fourth-order valence-electron chi connectivity index (χ4n) is 2.16. The van der Waals surface area contributed by atoms with Crippen LogP contribution < -0.4 is 14.2 Å². The Morgan fingerprint density at radius 2 is 1.29 bits per heavy atom. The lowest BCUT2D eigenvalue weighted by atomic mass is 10.2. The Kier molecular flexibility index (Phi) is 7.55. The maximum absolute atomic E-state index is 13.1. The van der Waals surface area contributed by atoms with Gasteiger partial charge in [0.2, 0.25) is 5.75 Å². The van der Waals surface area contributed by atoms with E-state index in [2.05, 4.69) is 0 Å². The summed E-state index contributed by atoms with van der Waals surface area (Å²) in [4.78, 5) is 0. The van der Waals surface area contributed by atoms with Crippen molar-refractivity contribution in [3.05, 3.63) is 17.7 Å². The second-order valence-electron chi connectivity index (χ2n) is 5.68. The van der Waals surface area contributed by atoms with Crippen molar-refractivity contribution in [1.29, 1.82) is 0 Å². The van der Waals surface area contributed by atoms with Gasteiger partial charge in [-0.1, -0.05) is 0 Å². The maximum Gasteiger partial charge on any atom is 0.363 e. The van der Waals surface area contributed by atoms with Crippen molar-refractivity contribution in [3.8, 4) is 17.2 Å². The van der Waals surface area contributed by atoms with Gasteiger partial charge in [0, 0.05) is 5.56 Å². The van der Waals surface area contributed by atoms with E-state index in [1.807, 2.05) is 0 Å². The summed E-state index contributed by atoms with van der Waals surface area (Å²) in [6.07, 6.45) is -0.766. The molecule has 0 aliphatic heterocycles. The molecule has 0 aliphatic carbocycles. The van der Waals surface area contributed by atoms with Crippen LogP contribution in [0.15, 0.2) is 12.1 Å². The van der Waals surface area contributed by atoms with Crippen LogP contribution in [0, 0.1) is 0 Å². The van der Waals surface area contributed by atoms with Gasteiger partial charge >= 0.3 is 7.60 Å². The number of benzene rings is 1. The number of hydrogen-bond acceptors (Lipinski definition) is 7. The van der Waals surface area contributed by atoms with Crippen molar-refractivity contribution in [2.45, 2.75) is 45.7 Å². The highest BCUT2D eigenvalue weighted by Gasteiger charge is 2.39. The predicted octanol–water partition coefficient (Wildman–Crippen LogP) is 3.75. The Labute approximate surface area is 143 Å². The minimum absolute atomic E-state index is 0.286. The summed E-state index contributed by atoms with van der Waals surface area (Å²) in [5.41, 5.74) is 0.286. The molecule has 1 atom stereocenters. The lowest BCUT2D eigenvalue weighted by Crippen LogP contribution is -2.13. The molecule has 24 heavy (non-hydrogen) atoms. The maximum atomic E-state index is 13.1. The summed E-state index contributed by atoms with van der Waals surface area (Å²) in [5.74, 6) is -0.436. The minimum Gasteiger partial charge on any atom is -0.493 e. The molecule has 0 unspecified atom stereocenters. The molecule has 0 radical (unpaired) electrons. The van der Waals surface area contributed by atoms with Crippen molar-refractivity contribution in [2.75, 3.05) is 21.3 Å². The van der Waals surface area contributed by atoms with E-state index < -0.39 is 13.4 Å². The predicted molar refractivity (Wildman–Crippen MR) is 91.1 cm³/mol. The second-order valence-corrected chi connectivity index (χ2v) is 7.67.